The molecule has 1 amide bonds. The van der Waals surface area contributed by atoms with Crippen LogP contribution in [0.15, 0.2) is 85.1 Å². The van der Waals surface area contributed by atoms with Gasteiger partial charge < -0.3 is 14.6 Å². The first kappa shape index (κ1) is 16.8. The number of carbonyl (C=O) groups excluding carboxylic acids is 1. The number of anilines is 1. The first-order chi connectivity index (χ1) is 13.6. The van der Waals surface area contributed by atoms with Crippen LogP contribution >= 0.6 is 0 Å². The molecule has 4 nitrogen and oxygen atoms in total. The lowest BCUT2D eigenvalue weighted by Gasteiger charge is -2.21. The third-order valence-corrected chi connectivity index (χ3v) is 5.64. The number of nitrogens with zero attached hydrogens (tertiary/aromatic N) is 2. The Hall–Kier alpha value is -3.37. The zero-order chi connectivity index (χ0) is 19.3. The highest BCUT2D eigenvalue weighted by molar-refractivity contribution is 6.10. The van der Waals surface area contributed by atoms with Crippen LogP contribution in [0.2, 0.25) is 0 Å². The third-order valence-electron chi connectivity index (χ3n) is 5.64. The molecule has 0 radical (unpaired) electrons. The summed E-state index contributed by atoms with van der Waals surface area (Å²) in [7, 11) is 1.71. The number of rotatable bonds is 3. The lowest BCUT2D eigenvalue weighted by atomic mass is 9.87. The molecule has 0 saturated carbocycles. The molecule has 28 heavy (non-hydrogen) atoms. The van der Waals surface area contributed by atoms with Crippen molar-refractivity contribution in [2.75, 3.05) is 11.9 Å². The van der Waals surface area contributed by atoms with Gasteiger partial charge in [-0.2, -0.15) is 0 Å². The molecule has 2 heterocycles. The molecule has 1 aromatic heterocycles. The van der Waals surface area contributed by atoms with E-state index in [4.69, 9.17) is 0 Å². The van der Waals surface area contributed by atoms with E-state index in [9.17, 15) is 9.90 Å². The van der Waals surface area contributed by atoms with E-state index >= 15 is 0 Å². The molecule has 3 aromatic carbocycles. The van der Waals surface area contributed by atoms with Gasteiger partial charge in [0.15, 0.2) is 5.60 Å². The van der Waals surface area contributed by atoms with E-state index in [0.717, 1.165) is 22.2 Å². The molecule has 0 spiro atoms. The number of likely N-dealkylation sites (N-methyl/N-ethyl adjacent to an activating group) is 1. The minimum atomic E-state index is -1.69. The van der Waals surface area contributed by atoms with Crippen LogP contribution in [0.25, 0.3) is 10.9 Å². The molecular weight excluding hydrogens is 348 g/mol. The predicted octanol–water partition coefficient (Wildman–Crippen LogP) is 3.90. The summed E-state index contributed by atoms with van der Waals surface area (Å²) in [6.07, 6.45) is 1.92. The van der Waals surface area contributed by atoms with Crippen LogP contribution in [-0.4, -0.2) is 22.6 Å². The number of aromatic nitrogens is 1. The molecule has 4 heteroatoms. The Balaban J connectivity index is 1.73. The minimum Gasteiger partial charge on any atom is -0.372 e. The SMILES string of the molecule is CN1C(=O)C(O)(c2cn(Cc3ccccc3)c3ccccc23)c2ccccc21. The molecule has 0 bridgehead atoms. The Morgan fingerprint density at radius 1 is 0.857 bits per heavy atom. The average molecular weight is 368 g/mol. The summed E-state index contributed by atoms with van der Waals surface area (Å²) in [6.45, 7) is 0.670. The second-order valence-corrected chi connectivity index (χ2v) is 7.27. The maximum atomic E-state index is 13.2. The Bertz CT molecular complexity index is 1200. The highest BCUT2D eigenvalue weighted by atomic mass is 16.3. The van der Waals surface area contributed by atoms with E-state index < -0.39 is 5.60 Å². The second-order valence-electron chi connectivity index (χ2n) is 7.27. The van der Waals surface area contributed by atoms with Gasteiger partial charge in [0.1, 0.15) is 0 Å². The lowest BCUT2D eigenvalue weighted by molar-refractivity contribution is -0.131. The molecular formula is C24H20N2O2. The smallest absolute Gasteiger partial charge is 0.268 e. The monoisotopic (exact) mass is 368 g/mol. The summed E-state index contributed by atoms with van der Waals surface area (Å²) in [5, 5.41) is 12.6. The van der Waals surface area contributed by atoms with Gasteiger partial charge in [-0.25, -0.2) is 0 Å². The topological polar surface area (TPSA) is 45.5 Å². The Morgan fingerprint density at radius 2 is 1.54 bits per heavy atom. The van der Waals surface area contributed by atoms with Crippen LogP contribution in [0.4, 0.5) is 5.69 Å². The summed E-state index contributed by atoms with van der Waals surface area (Å²) >= 11 is 0. The molecule has 0 aliphatic carbocycles. The molecule has 1 aliphatic rings. The first-order valence-corrected chi connectivity index (χ1v) is 9.33. The van der Waals surface area contributed by atoms with E-state index in [1.807, 2.05) is 72.9 Å². The summed E-state index contributed by atoms with van der Waals surface area (Å²) in [5.41, 5.74) is 2.47. The van der Waals surface area contributed by atoms with Gasteiger partial charge >= 0.3 is 0 Å². The van der Waals surface area contributed by atoms with Crippen LogP contribution in [-0.2, 0) is 16.9 Å². The van der Waals surface area contributed by atoms with E-state index in [1.165, 1.54) is 0 Å². The van der Waals surface area contributed by atoms with Crippen LogP contribution in [0.1, 0.15) is 16.7 Å². The van der Waals surface area contributed by atoms with Gasteiger partial charge in [-0.1, -0.05) is 66.7 Å². The molecule has 4 aromatic rings. The van der Waals surface area contributed by atoms with Gasteiger partial charge in [0.25, 0.3) is 5.91 Å². The molecule has 0 saturated heterocycles. The van der Waals surface area contributed by atoms with Crippen molar-refractivity contribution in [3.05, 3.63) is 102 Å². The van der Waals surface area contributed by atoms with Crippen molar-refractivity contribution in [3.8, 4) is 0 Å². The van der Waals surface area contributed by atoms with Gasteiger partial charge in [0.2, 0.25) is 0 Å². The van der Waals surface area contributed by atoms with Crippen LogP contribution in [0, 0.1) is 0 Å². The number of para-hydroxylation sites is 2. The van der Waals surface area contributed by atoms with Crippen molar-refractivity contribution in [1.29, 1.82) is 0 Å². The zero-order valence-corrected chi connectivity index (χ0v) is 15.5. The zero-order valence-electron chi connectivity index (χ0n) is 15.5. The van der Waals surface area contributed by atoms with E-state index in [0.29, 0.717) is 17.7 Å². The number of fused-ring (bicyclic) bond motifs is 2. The maximum Gasteiger partial charge on any atom is 0.268 e. The quantitative estimate of drug-likeness (QED) is 0.596. The standard InChI is InChI=1S/C24H20N2O2/c1-25-22-14-8-6-12-19(22)24(28,23(25)27)20-16-26(15-17-9-3-2-4-10-17)21-13-7-5-11-18(20)21/h2-14,16,28H,15H2,1H3. The second kappa shape index (κ2) is 6.08. The number of hydrogen-bond donors (Lipinski definition) is 1. The number of carbonyl (C=O) groups is 1. The fourth-order valence-electron chi connectivity index (χ4n) is 4.25. The Morgan fingerprint density at radius 3 is 2.36 bits per heavy atom. The Labute approximate surface area is 163 Å². The van der Waals surface area contributed by atoms with Gasteiger partial charge in [-0.05, 0) is 17.7 Å². The number of aliphatic hydroxyl groups is 1. The summed E-state index contributed by atoms with van der Waals surface area (Å²) < 4.78 is 2.10. The van der Waals surface area contributed by atoms with Crippen LogP contribution in [0.5, 0.6) is 0 Å². The normalized spacial score (nSPS) is 18.6. The minimum absolute atomic E-state index is 0.323. The van der Waals surface area contributed by atoms with Gasteiger partial charge in [-0.3, -0.25) is 4.79 Å². The predicted molar refractivity (Wildman–Crippen MR) is 110 cm³/mol. The average Bonchev–Trinajstić information content (AvgIpc) is 3.20. The van der Waals surface area contributed by atoms with Crippen LogP contribution in [0.3, 0.4) is 0 Å². The fraction of sp³-hybridized carbons (Fsp3) is 0.125. The summed E-state index contributed by atoms with van der Waals surface area (Å²) in [5.74, 6) is -0.323. The Kier molecular flexibility index (Phi) is 3.64. The lowest BCUT2D eigenvalue weighted by Crippen LogP contribution is -2.39. The van der Waals surface area contributed by atoms with Crippen molar-refractivity contribution < 1.29 is 9.90 Å². The number of benzene rings is 3. The highest BCUT2D eigenvalue weighted by Gasteiger charge is 2.51. The van der Waals surface area contributed by atoms with Gasteiger partial charge in [0, 0.05) is 41.8 Å². The molecule has 5 rings (SSSR count). The summed E-state index contributed by atoms with van der Waals surface area (Å²) in [4.78, 5) is 14.7. The van der Waals surface area contributed by atoms with Gasteiger partial charge in [0.05, 0.1) is 5.69 Å². The first-order valence-electron chi connectivity index (χ1n) is 9.33. The molecule has 1 aliphatic heterocycles. The van der Waals surface area contributed by atoms with Crippen molar-refractivity contribution in [3.63, 3.8) is 0 Å². The summed E-state index contributed by atoms with van der Waals surface area (Å²) in [6, 6.07) is 25.5. The molecule has 1 atom stereocenters. The molecule has 1 unspecified atom stereocenters. The van der Waals surface area contributed by atoms with Crippen molar-refractivity contribution >= 4 is 22.5 Å². The fourth-order valence-corrected chi connectivity index (χ4v) is 4.25. The number of hydrogen-bond acceptors (Lipinski definition) is 2. The van der Waals surface area contributed by atoms with E-state index in [-0.39, 0.29) is 5.91 Å². The van der Waals surface area contributed by atoms with Crippen molar-refractivity contribution in [2.24, 2.45) is 0 Å². The highest BCUT2D eigenvalue weighted by Crippen LogP contribution is 2.46. The van der Waals surface area contributed by atoms with Crippen LogP contribution < -0.4 is 4.90 Å². The largest absolute Gasteiger partial charge is 0.372 e. The molecule has 0 fully saturated rings. The van der Waals surface area contributed by atoms with E-state index in [1.54, 1.807) is 11.9 Å². The van der Waals surface area contributed by atoms with Crippen molar-refractivity contribution in [2.45, 2.75) is 12.1 Å². The molecule has 138 valence electrons. The maximum absolute atomic E-state index is 13.2. The van der Waals surface area contributed by atoms with Crippen molar-refractivity contribution in [1.82, 2.24) is 4.57 Å². The van der Waals surface area contributed by atoms with Gasteiger partial charge in [-0.15, -0.1) is 0 Å². The third kappa shape index (κ3) is 2.25. The number of amides is 1. The van der Waals surface area contributed by atoms with E-state index in [2.05, 4.69) is 16.7 Å². The molecule has 1 N–H and O–H groups in total.